The summed E-state index contributed by atoms with van der Waals surface area (Å²) in [5.41, 5.74) is -0.234. The number of anilines is 1. The molecular weight excluding hydrogens is 529 g/mol. The number of halogens is 4. The predicted molar refractivity (Wildman–Crippen MR) is 123 cm³/mol. The molecule has 1 aromatic carbocycles. The average Bonchev–Trinajstić information content (AvgIpc) is 2.82. The smallest absolute Gasteiger partial charge is 0.439 e. The van der Waals surface area contributed by atoms with Gasteiger partial charge in [0, 0.05) is 12.6 Å². The molecule has 4 rings (SSSR count). The largest absolute Gasteiger partial charge is 0.573 e. The van der Waals surface area contributed by atoms with Crippen molar-refractivity contribution in [2.75, 3.05) is 30.8 Å². The maximum absolute atomic E-state index is 12.7. The molecule has 0 saturated carbocycles. The minimum absolute atomic E-state index is 0.00406. The third kappa shape index (κ3) is 6.25. The minimum atomic E-state index is -4.80. The van der Waals surface area contributed by atoms with Gasteiger partial charge in [-0.1, -0.05) is 11.6 Å². The van der Waals surface area contributed by atoms with Gasteiger partial charge in [0.1, 0.15) is 21.8 Å². The van der Waals surface area contributed by atoms with Crippen LogP contribution in [-0.2, 0) is 14.6 Å². The molecular formula is C21H18ClF3N4O6S. The Labute approximate surface area is 207 Å². The van der Waals surface area contributed by atoms with E-state index in [0.717, 1.165) is 16.8 Å². The van der Waals surface area contributed by atoms with E-state index in [1.54, 1.807) is 0 Å². The van der Waals surface area contributed by atoms with Crippen molar-refractivity contribution in [3.63, 3.8) is 0 Å². The standard InChI is InChI=1S/C21H18ClF3N4O6S/c22-19-17(26-10-16-12-33-7-8-36(16,31)32)11-28-29(20(19)30)13-1-6-18(27-9-13)34-14-2-4-15(5-3-14)35-21(23,24)25/h1-6,9,11,16,26H,7-8,10,12H2/t16-/m1/s1. The fourth-order valence-electron chi connectivity index (χ4n) is 3.20. The highest BCUT2D eigenvalue weighted by molar-refractivity contribution is 7.92. The van der Waals surface area contributed by atoms with Crippen LogP contribution in [0.1, 0.15) is 0 Å². The summed E-state index contributed by atoms with van der Waals surface area (Å²) in [5.74, 6) is -0.148. The number of benzene rings is 1. The summed E-state index contributed by atoms with van der Waals surface area (Å²) in [6.07, 6.45) is -2.22. The zero-order chi connectivity index (χ0) is 25.9. The molecule has 1 N–H and O–H groups in total. The molecule has 10 nitrogen and oxygen atoms in total. The number of hydrogen-bond donors (Lipinski definition) is 1. The molecule has 1 fully saturated rings. The molecule has 36 heavy (non-hydrogen) atoms. The van der Waals surface area contributed by atoms with Gasteiger partial charge < -0.3 is 19.5 Å². The second-order valence-electron chi connectivity index (χ2n) is 7.51. The van der Waals surface area contributed by atoms with Gasteiger partial charge >= 0.3 is 6.36 Å². The molecule has 1 saturated heterocycles. The third-order valence-corrected chi connectivity index (χ3v) is 7.43. The topological polar surface area (TPSA) is 122 Å². The first-order valence-corrected chi connectivity index (χ1v) is 12.4. The summed E-state index contributed by atoms with van der Waals surface area (Å²) in [7, 11) is -3.31. The Bertz CT molecular complexity index is 1380. The molecule has 3 heterocycles. The molecule has 3 aromatic rings. The average molecular weight is 547 g/mol. The lowest BCUT2D eigenvalue weighted by Gasteiger charge is -2.23. The van der Waals surface area contributed by atoms with Gasteiger partial charge in [0.25, 0.3) is 5.56 Å². The maximum Gasteiger partial charge on any atom is 0.573 e. The highest BCUT2D eigenvalue weighted by Crippen LogP contribution is 2.27. The van der Waals surface area contributed by atoms with Crippen LogP contribution in [0.3, 0.4) is 0 Å². The number of sulfone groups is 1. The maximum atomic E-state index is 12.7. The summed E-state index contributed by atoms with van der Waals surface area (Å²) in [6, 6.07) is 7.65. The fourth-order valence-corrected chi connectivity index (χ4v) is 4.72. The molecule has 0 spiro atoms. The zero-order valence-electron chi connectivity index (χ0n) is 18.2. The fraction of sp³-hybridized carbons (Fsp3) is 0.286. The summed E-state index contributed by atoms with van der Waals surface area (Å²) < 4.78 is 76.5. The van der Waals surface area contributed by atoms with Gasteiger partial charge in [0.2, 0.25) is 5.88 Å². The normalized spacial score (nSPS) is 17.4. The van der Waals surface area contributed by atoms with Crippen molar-refractivity contribution in [2.24, 2.45) is 0 Å². The molecule has 1 aliphatic heterocycles. The summed E-state index contributed by atoms with van der Waals surface area (Å²) in [4.78, 5) is 16.8. The van der Waals surface area contributed by atoms with E-state index < -0.39 is 32.8 Å². The number of hydrogen-bond acceptors (Lipinski definition) is 9. The Balaban J connectivity index is 1.43. The number of nitrogens with one attached hydrogen (secondary N) is 1. The lowest BCUT2D eigenvalue weighted by molar-refractivity contribution is -0.274. The second kappa shape index (κ2) is 10.3. The number of pyridine rings is 1. The van der Waals surface area contributed by atoms with E-state index in [2.05, 4.69) is 20.1 Å². The van der Waals surface area contributed by atoms with E-state index in [9.17, 15) is 26.4 Å². The van der Waals surface area contributed by atoms with Crippen LogP contribution in [0.2, 0.25) is 5.02 Å². The van der Waals surface area contributed by atoms with Crippen molar-refractivity contribution >= 4 is 27.1 Å². The van der Waals surface area contributed by atoms with Crippen molar-refractivity contribution in [2.45, 2.75) is 11.6 Å². The Morgan fingerprint density at radius 3 is 2.50 bits per heavy atom. The molecule has 1 aliphatic rings. The predicted octanol–water partition coefficient (Wildman–Crippen LogP) is 3.20. The number of ether oxygens (including phenoxy) is 3. The number of nitrogens with zero attached hydrogens (tertiary/aromatic N) is 3. The lowest BCUT2D eigenvalue weighted by atomic mass is 10.3. The molecule has 0 amide bonds. The van der Waals surface area contributed by atoms with Crippen LogP contribution >= 0.6 is 11.6 Å². The first-order chi connectivity index (χ1) is 17.0. The number of aromatic nitrogens is 3. The molecule has 0 aliphatic carbocycles. The second-order valence-corrected chi connectivity index (χ2v) is 10.3. The van der Waals surface area contributed by atoms with Crippen molar-refractivity contribution in [1.29, 1.82) is 0 Å². The summed E-state index contributed by atoms with van der Waals surface area (Å²) in [5, 5.41) is 5.93. The van der Waals surface area contributed by atoms with Crippen molar-refractivity contribution in [3.05, 3.63) is 64.2 Å². The van der Waals surface area contributed by atoms with Gasteiger partial charge in [-0.25, -0.2) is 13.4 Å². The third-order valence-electron chi connectivity index (χ3n) is 5.01. The van der Waals surface area contributed by atoms with Crippen LogP contribution in [0, 0.1) is 0 Å². The lowest BCUT2D eigenvalue weighted by Crippen LogP contribution is -2.40. The molecule has 2 aromatic heterocycles. The van der Waals surface area contributed by atoms with E-state index in [0.29, 0.717) is 0 Å². The Kier molecular flexibility index (Phi) is 7.38. The Morgan fingerprint density at radius 2 is 1.86 bits per heavy atom. The molecule has 0 radical (unpaired) electrons. The zero-order valence-corrected chi connectivity index (χ0v) is 19.8. The van der Waals surface area contributed by atoms with Crippen molar-refractivity contribution < 1.29 is 35.8 Å². The van der Waals surface area contributed by atoms with Gasteiger partial charge in [0.05, 0.1) is 42.7 Å². The first-order valence-electron chi connectivity index (χ1n) is 10.3. The van der Waals surface area contributed by atoms with Crippen molar-refractivity contribution in [3.8, 4) is 23.1 Å². The Morgan fingerprint density at radius 1 is 1.14 bits per heavy atom. The van der Waals surface area contributed by atoms with Crippen LogP contribution in [-0.4, -0.2) is 60.3 Å². The van der Waals surface area contributed by atoms with Crippen LogP contribution in [0.15, 0.2) is 53.6 Å². The van der Waals surface area contributed by atoms with Crippen molar-refractivity contribution in [1.82, 2.24) is 14.8 Å². The molecule has 192 valence electrons. The van der Waals surface area contributed by atoms with E-state index >= 15 is 0 Å². The van der Waals surface area contributed by atoms with Crippen LogP contribution in [0.5, 0.6) is 17.4 Å². The van der Waals surface area contributed by atoms with E-state index in [4.69, 9.17) is 21.1 Å². The highest BCUT2D eigenvalue weighted by Gasteiger charge is 2.31. The molecule has 1 atom stereocenters. The van der Waals surface area contributed by atoms with Gasteiger partial charge in [-0.05, 0) is 30.3 Å². The van der Waals surface area contributed by atoms with Crippen LogP contribution in [0.25, 0.3) is 5.69 Å². The van der Waals surface area contributed by atoms with E-state index in [1.165, 1.54) is 36.7 Å². The Hall–Kier alpha value is -3.36. The SMILES string of the molecule is O=c1c(Cl)c(NC[C@@H]2COCCS2(=O)=O)cnn1-c1ccc(Oc2ccc(OC(F)(F)F)cc2)nc1. The van der Waals surface area contributed by atoms with Gasteiger partial charge in [-0.2, -0.15) is 9.78 Å². The van der Waals surface area contributed by atoms with E-state index in [-0.39, 0.29) is 53.5 Å². The van der Waals surface area contributed by atoms with Crippen LogP contribution < -0.4 is 20.3 Å². The summed E-state index contributed by atoms with van der Waals surface area (Å²) in [6.45, 7) is 0.200. The monoisotopic (exact) mass is 546 g/mol. The van der Waals surface area contributed by atoms with Crippen LogP contribution in [0.4, 0.5) is 18.9 Å². The van der Waals surface area contributed by atoms with Gasteiger partial charge in [-0.3, -0.25) is 4.79 Å². The number of rotatable bonds is 7. The van der Waals surface area contributed by atoms with E-state index in [1.807, 2.05) is 0 Å². The molecule has 0 bridgehead atoms. The highest BCUT2D eigenvalue weighted by atomic mass is 35.5. The minimum Gasteiger partial charge on any atom is -0.439 e. The quantitative estimate of drug-likeness (QED) is 0.476. The summed E-state index contributed by atoms with van der Waals surface area (Å²) >= 11 is 6.19. The van der Waals surface area contributed by atoms with Gasteiger partial charge in [0.15, 0.2) is 9.84 Å². The van der Waals surface area contributed by atoms with Gasteiger partial charge in [-0.15, -0.1) is 13.2 Å². The molecule has 15 heteroatoms. The first kappa shape index (κ1) is 25.7. The molecule has 0 unspecified atom stereocenters. The number of alkyl halides is 3.